The summed E-state index contributed by atoms with van der Waals surface area (Å²) in [5.74, 6) is 0.331. The molecule has 1 N–H and O–H groups in total. The lowest BCUT2D eigenvalue weighted by Crippen LogP contribution is -2.32. The minimum Gasteiger partial charge on any atom is -0.411 e. The van der Waals surface area contributed by atoms with E-state index in [9.17, 15) is 4.79 Å². The highest BCUT2D eigenvalue weighted by atomic mass is 35.5. The molecule has 2 aromatic heterocycles. The number of pyridine rings is 1. The van der Waals surface area contributed by atoms with Crippen LogP contribution in [0.15, 0.2) is 58.4 Å². The molecule has 0 aliphatic heterocycles. The van der Waals surface area contributed by atoms with Crippen molar-refractivity contribution < 1.29 is 9.21 Å². The van der Waals surface area contributed by atoms with Crippen molar-refractivity contribution in [1.29, 1.82) is 0 Å². The summed E-state index contributed by atoms with van der Waals surface area (Å²) in [5, 5.41) is 11.6. The van der Waals surface area contributed by atoms with Gasteiger partial charge in [-0.05, 0) is 43.2 Å². The number of rotatable bonds is 7. The molecule has 0 saturated carbocycles. The molecule has 0 fully saturated rings. The first-order chi connectivity index (χ1) is 12.6. The predicted octanol–water partition coefficient (Wildman–Crippen LogP) is 3.62. The molecule has 1 atom stereocenters. The second kappa shape index (κ2) is 8.82. The normalized spacial score (nSPS) is 11.9. The van der Waals surface area contributed by atoms with Gasteiger partial charge >= 0.3 is 0 Å². The lowest BCUT2D eigenvalue weighted by atomic mass is 10.1. The first kappa shape index (κ1) is 18.4. The quantitative estimate of drug-likeness (QED) is 0.622. The Morgan fingerprint density at radius 3 is 2.65 bits per heavy atom. The average molecular weight is 389 g/mol. The van der Waals surface area contributed by atoms with Crippen LogP contribution in [-0.2, 0) is 11.2 Å². The highest BCUT2D eigenvalue weighted by Gasteiger charge is 2.18. The molecule has 3 rings (SSSR count). The van der Waals surface area contributed by atoms with Crippen LogP contribution in [0.5, 0.6) is 0 Å². The standard InChI is InChI=1S/C18H17ClN4O2S/c1-12(16(24)21-11-6-13-2-4-15(19)5-3-13)26-18-23-22-17(25-18)14-7-9-20-10-8-14/h2-5,7-10,12H,6,11H2,1H3,(H,21,24)/t12-/m0/s1. The van der Waals surface area contributed by atoms with Gasteiger partial charge in [0.1, 0.15) is 0 Å². The third-order valence-electron chi connectivity index (χ3n) is 3.61. The number of carbonyl (C=O) groups is 1. The van der Waals surface area contributed by atoms with Crippen LogP contribution in [-0.4, -0.2) is 32.9 Å². The molecule has 134 valence electrons. The van der Waals surface area contributed by atoms with Crippen LogP contribution in [0, 0.1) is 0 Å². The lowest BCUT2D eigenvalue weighted by Gasteiger charge is -2.09. The number of thioether (sulfide) groups is 1. The number of amides is 1. The minimum atomic E-state index is -0.342. The number of nitrogens with zero attached hydrogens (tertiary/aromatic N) is 3. The number of halogens is 1. The molecule has 0 aliphatic carbocycles. The summed E-state index contributed by atoms with van der Waals surface area (Å²) in [6.45, 7) is 2.36. The molecular formula is C18H17ClN4O2S. The molecule has 0 radical (unpaired) electrons. The molecule has 6 nitrogen and oxygen atoms in total. The van der Waals surface area contributed by atoms with Gasteiger partial charge in [-0.2, -0.15) is 0 Å². The SMILES string of the molecule is C[C@H](Sc1nnc(-c2ccncc2)o1)C(=O)NCCc1ccc(Cl)cc1. The van der Waals surface area contributed by atoms with Crippen molar-refractivity contribution in [3.63, 3.8) is 0 Å². The lowest BCUT2D eigenvalue weighted by molar-refractivity contribution is -0.120. The first-order valence-electron chi connectivity index (χ1n) is 8.04. The predicted molar refractivity (Wildman–Crippen MR) is 101 cm³/mol. The smallest absolute Gasteiger partial charge is 0.277 e. The summed E-state index contributed by atoms with van der Waals surface area (Å²) >= 11 is 7.09. The van der Waals surface area contributed by atoms with Gasteiger partial charge in [0, 0.05) is 29.5 Å². The zero-order valence-electron chi connectivity index (χ0n) is 14.1. The Bertz CT molecular complexity index is 855. The Morgan fingerprint density at radius 2 is 1.92 bits per heavy atom. The van der Waals surface area contributed by atoms with E-state index in [1.54, 1.807) is 31.5 Å². The van der Waals surface area contributed by atoms with Crippen molar-refractivity contribution >= 4 is 29.3 Å². The maximum absolute atomic E-state index is 12.2. The Hall–Kier alpha value is -2.38. The molecule has 0 saturated heterocycles. The number of carbonyl (C=O) groups excluding carboxylic acids is 1. The highest BCUT2D eigenvalue weighted by molar-refractivity contribution is 8.00. The fourth-order valence-corrected chi connectivity index (χ4v) is 3.03. The number of benzene rings is 1. The third-order valence-corrected chi connectivity index (χ3v) is 4.79. The molecular weight excluding hydrogens is 372 g/mol. The van der Waals surface area contributed by atoms with Crippen molar-refractivity contribution in [2.75, 3.05) is 6.54 Å². The molecule has 8 heteroatoms. The summed E-state index contributed by atoms with van der Waals surface area (Å²) < 4.78 is 5.60. The molecule has 0 aliphatic rings. The molecule has 1 amide bonds. The van der Waals surface area contributed by atoms with E-state index in [0.29, 0.717) is 22.7 Å². The van der Waals surface area contributed by atoms with E-state index in [4.69, 9.17) is 16.0 Å². The average Bonchev–Trinajstić information content (AvgIpc) is 3.12. The molecule has 1 aromatic carbocycles. The van der Waals surface area contributed by atoms with E-state index < -0.39 is 0 Å². The van der Waals surface area contributed by atoms with Crippen LogP contribution in [0.1, 0.15) is 12.5 Å². The van der Waals surface area contributed by atoms with Crippen molar-refractivity contribution in [3.8, 4) is 11.5 Å². The Morgan fingerprint density at radius 1 is 1.19 bits per heavy atom. The number of hydrogen-bond acceptors (Lipinski definition) is 6. The summed E-state index contributed by atoms with van der Waals surface area (Å²) in [6.07, 6.45) is 4.05. The topological polar surface area (TPSA) is 80.9 Å². The van der Waals surface area contributed by atoms with Gasteiger partial charge in [-0.15, -0.1) is 10.2 Å². The van der Waals surface area contributed by atoms with Crippen LogP contribution < -0.4 is 5.32 Å². The van der Waals surface area contributed by atoms with Crippen molar-refractivity contribution in [3.05, 3.63) is 59.4 Å². The van der Waals surface area contributed by atoms with Gasteiger partial charge in [0.2, 0.25) is 11.8 Å². The zero-order valence-corrected chi connectivity index (χ0v) is 15.6. The Labute approximate surface area is 160 Å². The van der Waals surface area contributed by atoms with Crippen LogP contribution in [0.3, 0.4) is 0 Å². The van der Waals surface area contributed by atoms with E-state index in [1.165, 1.54) is 11.8 Å². The Kier molecular flexibility index (Phi) is 6.25. The van der Waals surface area contributed by atoms with Gasteiger partial charge in [0.15, 0.2) is 0 Å². The van der Waals surface area contributed by atoms with E-state index in [-0.39, 0.29) is 11.2 Å². The molecule has 3 aromatic rings. The van der Waals surface area contributed by atoms with Gasteiger partial charge in [0.05, 0.1) is 5.25 Å². The third kappa shape index (κ3) is 5.06. The van der Waals surface area contributed by atoms with E-state index in [2.05, 4.69) is 20.5 Å². The fraction of sp³-hybridized carbons (Fsp3) is 0.222. The molecule has 0 bridgehead atoms. The van der Waals surface area contributed by atoms with Crippen molar-refractivity contribution in [2.24, 2.45) is 0 Å². The second-order valence-electron chi connectivity index (χ2n) is 5.54. The summed E-state index contributed by atoms with van der Waals surface area (Å²) in [5.41, 5.74) is 1.91. The summed E-state index contributed by atoms with van der Waals surface area (Å²) in [6, 6.07) is 11.2. The van der Waals surface area contributed by atoms with Crippen LogP contribution in [0.25, 0.3) is 11.5 Å². The van der Waals surface area contributed by atoms with Crippen molar-refractivity contribution in [2.45, 2.75) is 23.8 Å². The number of hydrogen-bond donors (Lipinski definition) is 1. The molecule has 2 heterocycles. The van der Waals surface area contributed by atoms with Crippen LogP contribution >= 0.6 is 23.4 Å². The second-order valence-corrected chi connectivity index (χ2v) is 7.27. The first-order valence-corrected chi connectivity index (χ1v) is 9.30. The number of aromatic nitrogens is 3. The van der Waals surface area contributed by atoms with Gasteiger partial charge in [-0.3, -0.25) is 9.78 Å². The van der Waals surface area contributed by atoms with E-state index >= 15 is 0 Å². The summed E-state index contributed by atoms with van der Waals surface area (Å²) in [4.78, 5) is 16.2. The van der Waals surface area contributed by atoms with Crippen LogP contribution in [0.4, 0.5) is 0 Å². The largest absolute Gasteiger partial charge is 0.411 e. The van der Waals surface area contributed by atoms with Crippen LogP contribution in [0.2, 0.25) is 5.02 Å². The summed E-state index contributed by atoms with van der Waals surface area (Å²) in [7, 11) is 0. The van der Waals surface area contributed by atoms with E-state index in [0.717, 1.165) is 17.5 Å². The van der Waals surface area contributed by atoms with Gasteiger partial charge in [-0.25, -0.2) is 0 Å². The molecule has 26 heavy (non-hydrogen) atoms. The monoisotopic (exact) mass is 388 g/mol. The van der Waals surface area contributed by atoms with Gasteiger partial charge in [0.25, 0.3) is 5.22 Å². The molecule has 0 unspecified atom stereocenters. The fourth-order valence-electron chi connectivity index (χ4n) is 2.20. The van der Waals surface area contributed by atoms with E-state index in [1.807, 2.05) is 24.3 Å². The van der Waals surface area contributed by atoms with Gasteiger partial charge in [-0.1, -0.05) is 35.5 Å². The zero-order chi connectivity index (χ0) is 18.4. The maximum Gasteiger partial charge on any atom is 0.277 e. The van der Waals surface area contributed by atoms with Crippen molar-refractivity contribution in [1.82, 2.24) is 20.5 Å². The Balaban J connectivity index is 1.48. The van der Waals surface area contributed by atoms with Gasteiger partial charge < -0.3 is 9.73 Å². The number of nitrogens with one attached hydrogen (secondary N) is 1. The minimum absolute atomic E-state index is 0.0763. The highest BCUT2D eigenvalue weighted by Crippen LogP contribution is 2.25. The molecule has 0 spiro atoms. The maximum atomic E-state index is 12.2.